The second-order valence-corrected chi connectivity index (χ2v) is 6.49. The number of hydrogen-bond acceptors (Lipinski definition) is 4. The first kappa shape index (κ1) is 13.1. The summed E-state index contributed by atoms with van der Waals surface area (Å²) in [5.74, 6) is 4.05. The van der Waals surface area contributed by atoms with E-state index in [9.17, 15) is 0 Å². The Morgan fingerprint density at radius 3 is 2.84 bits per heavy atom. The zero-order valence-electron chi connectivity index (χ0n) is 11.8. The molecule has 0 saturated heterocycles. The summed E-state index contributed by atoms with van der Waals surface area (Å²) in [7, 11) is 0. The summed E-state index contributed by atoms with van der Waals surface area (Å²) in [6.45, 7) is 3.07. The average Bonchev–Trinajstić information content (AvgIpc) is 3.07. The van der Waals surface area contributed by atoms with Crippen LogP contribution in [0, 0.1) is 11.8 Å². The van der Waals surface area contributed by atoms with E-state index in [2.05, 4.69) is 12.1 Å². The van der Waals surface area contributed by atoms with Crippen molar-refractivity contribution in [2.24, 2.45) is 17.6 Å². The van der Waals surface area contributed by atoms with Crippen LogP contribution >= 0.6 is 0 Å². The van der Waals surface area contributed by atoms with E-state index in [4.69, 9.17) is 15.2 Å². The third-order valence-electron chi connectivity index (χ3n) is 5.04. The Kier molecular flexibility index (Phi) is 3.87. The van der Waals surface area contributed by atoms with Gasteiger partial charge in [-0.25, -0.2) is 0 Å². The van der Waals surface area contributed by atoms with Gasteiger partial charge >= 0.3 is 0 Å². The van der Waals surface area contributed by atoms with Crippen LogP contribution in [0.3, 0.4) is 0 Å². The van der Waals surface area contributed by atoms with Crippen molar-refractivity contribution < 1.29 is 4.52 Å². The monoisotopic (exact) mass is 263 g/mol. The second-order valence-electron chi connectivity index (χ2n) is 6.49. The number of nitrogens with zero attached hydrogens (tertiary/aromatic N) is 2. The molecule has 2 aliphatic rings. The molecule has 0 radical (unpaired) electrons. The average molecular weight is 263 g/mol. The van der Waals surface area contributed by atoms with Crippen LogP contribution in [0.1, 0.15) is 75.4 Å². The molecule has 2 N–H and O–H groups in total. The van der Waals surface area contributed by atoms with Crippen LogP contribution in [0.5, 0.6) is 0 Å². The minimum Gasteiger partial charge on any atom is -0.339 e. The molecule has 4 atom stereocenters. The van der Waals surface area contributed by atoms with Crippen molar-refractivity contribution in [1.82, 2.24) is 10.1 Å². The lowest BCUT2D eigenvalue weighted by Crippen LogP contribution is -2.17. The molecule has 2 aliphatic carbocycles. The Labute approximate surface area is 115 Å². The van der Waals surface area contributed by atoms with Crippen LogP contribution in [-0.2, 0) is 0 Å². The van der Waals surface area contributed by atoms with E-state index in [1.165, 1.54) is 38.5 Å². The van der Waals surface area contributed by atoms with Gasteiger partial charge in [-0.2, -0.15) is 4.98 Å². The molecule has 3 rings (SSSR count). The molecule has 4 unspecified atom stereocenters. The van der Waals surface area contributed by atoms with Crippen LogP contribution in [0.2, 0.25) is 0 Å². The molecule has 1 heterocycles. The van der Waals surface area contributed by atoms with Crippen molar-refractivity contribution in [2.45, 2.75) is 63.7 Å². The summed E-state index contributed by atoms with van der Waals surface area (Å²) < 4.78 is 5.55. The number of rotatable bonds is 3. The predicted octanol–water partition coefficient (Wildman–Crippen LogP) is 3.21. The molecule has 0 aliphatic heterocycles. The fourth-order valence-corrected chi connectivity index (χ4v) is 3.88. The van der Waals surface area contributed by atoms with Gasteiger partial charge in [-0.1, -0.05) is 31.3 Å². The van der Waals surface area contributed by atoms with Crippen LogP contribution in [0.25, 0.3) is 0 Å². The maximum Gasteiger partial charge on any atom is 0.230 e. The van der Waals surface area contributed by atoms with E-state index in [1.807, 2.05) is 0 Å². The Balaban J connectivity index is 1.72. The van der Waals surface area contributed by atoms with Crippen LogP contribution < -0.4 is 5.73 Å². The summed E-state index contributed by atoms with van der Waals surface area (Å²) in [4.78, 5) is 4.72. The molecular weight excluding hydrogens is 238 g/mol. The van der Waals surface area contributed by atoms with Crippen molar-refractivity contribution in [3.05, 3.63) is 11.7 Å². The topological polar surface area (TPSA) is 64.9 Å². The third-order valence-corrected chi connectivity index (χ3v) is 5.04. The first-order valence-electron chi connectivity index (χ1n) is 7.81. The lowest BCUT2D eigenvalue weighted by molar-refractivity contribution is 0.306. The molecule has 106 valence electrons. The highest BCUT2D eigenvalue weighted by molar-refractivity contribution is 5.04. The third kappa shape index (κ3) is 2.69. The van der Waals surface area contributed by atoms with Gasteiger partial charge in [-0.05, 0) is 44.1 Å². The van der Waals surface area contributed by atoms with Crippen LogP contribution in [0.4, 0.5) is 0 Å². The Morgan fingerprint density at radius 1 is 1.21 bits per heavy atom. The van der Waals surface area contributed by atoms with Gasteiger partial charge in [-0.3, -0.25) is 0 Å². The standard InChI is InChI=1S/C15H25N3O/c1-10-4-2-5-11(8-10)14-17-15(19-18-14)13-7-3-6-12(13)9-16/h10-13H,2-9,16H2,1H3. The highest BCUT2D eigenvalue weighted by atomic mass is 16.5. The Bertz CT molecular complexity index is 417. The van der Waals surface area contributed by atoms with Crippen molar-refractivity contribution in [3.8, 4) is 0 Å². The number of hydrogen-bond donors (Lipinski definition) is 1. The largest absolute Gasteiger partial charge is 0.339 e. The lowest BCUT2D eigenvalue weighted by atomic mass is 9.82. The summed E-state index contributed by atoms with van der Waals surface area (Å²) in [6.07, 6.45) is 8.68. The van der Waals surface area contributed by atoms with Gasteiger partial charge in [0.2, 0.25) is 5.89 Å². The van der Waals surface area contributed by atoms with Crippen molar-refractivity contribution in [2.75, 3.05) is 6.54 Å². The molecule has 2 fully saturated rings. The molecule has 0 aromatic carbocycles. The highest BCUT2D eigenvalue weighted by Crippen LogP contribution is 2.40. The zero-order valence-corrected chi connectivity index (χ0v) is 11.8. The van der Waals surface area contributed by atoms with E-state index in [1.54, 1.807) is 0 Å². The molecule has 0 amide bonds. The fourth-order valence-electron chi connectivity index (χ4n) is 3.88. The maximum atomic E-state index is 5.84. The minimum atomic E-state index is 0.410. The molecule has 0 spiro atoms. The molecule has 0 bridgehead atoms. The van der Waals surface area contributed by atoms with Gasteiger partial charge in [0.15, 0.2) is 5.82 Å². The molecular formula is C15H25N3O. The van der Waals surface area contributed by atoms with E-state index >= 15 is 0 Å². The lowest BCUT2D eigenvalue weighted by Gasteiger charge is -2.23. The van der Waals surface area contributed by atoms with E-state index in [0.717, 1.165) is 30.6 Å². The van der Waals surface area contributed by atoms with Gasteiger partial charge in [0, 0.05) is 11.8 Å². The minimum absolute atomic E-state index is 0.410. The summed E-state index contributed by atoms with van der Waals surface area (Å²) >= 11 is 0. The molecule has 4 nitrogen and oxygen atoms in total. The fraction of sp³-hybridized carbons (Fsp3) is 0.867. The highest BCUT2D eigenvalue weighted by Gasteiger charge is 2.33. The molecule has 4 heteroatoms. The SMILES string of the molecule is CC1CCCC(c2noc(C3CCCC3CN)n2)C1. The van der Waals surface area contributed by atoms with Crippen LogP contribution in [-0.4, -0.2) is 16.7 Å². The van der Waals surface area contributed by atoms with E-state index in [0.29, 0.717) is 17.8 Å². The molecule has 19 heavy (non-hydrogen) atoms. The summed E-state index contributed by atoms with van der Waals surface area (Å²) in [6, 6.07) is 0. The Hall–Kier alpha value is -0.900. The van der Waals surface area contributed by atoms with E-state index in [-0.39, 0.29) is 0 Å². The van der Waals surface area contributed by atoms with Crippen LogP contribution in [0.15, 0.2) is 4.52 Å². The first-order chi connectivity index (χ1) is 9.28. The second kappa shape index (κ2) is 5.61. The van der Waals surface area contributed by atoms with Crippen molar-refractivity contribution >= 4 is 0 Å². The van der Waals surface area contributed by atoms with Gasteiger partial charge in [0.25, 0.3) is 0 Å². The number of nitrogens with two attached hydrogens (primary N) is 1. The smallest absolute Gasteiger partial charge is 0.230 e. The zero-order chi connectivity index (χ0) is 13.2. The van der Waals surface area contributed by atoms with Gasteiger partial charge in [-0.15, -0.1) is 0 Å². The predicted molar refractivity (Wildman–Crippen MR) is 73.8 cm³/mol. The first-order valence-corrected chi connectivity index (χ1v) is 7.81. The molecule has 2 saturated carbocycles. The quantitative estimate of drug-likeness (QED) is 0.909. The van der Waals surface area contributed by atoms with E-state index < -0.39 is 0 Å². The molecule has 1 aromatic rings. The van der Waals surface area contributed by atoms with Gasteiger partial charge in [0.1, 0.15) is 0 Å². The maximum absolute atomic E-state index is 5.84. The summed E-state index contributed by atoms with van der Waals surface area (Å²) in [5.41, 5.74) is 5.84. The van der Waals surface area contributed by atoms with Gasteiger partial charge < -0.3 is 10.3 Å². The Morgan fingerprint density at radius 2 is 2.05 bits per heavy atom. The van der Waals surface area contributed by atoms with Crippen molar-refractivity contribution in [1.29, 1.82) is 0 Å². The normalized spacial score (nSPS) is 35.7. The van der Waals surface area contributed by atoms with Gasteiger partial charge in [0.05, 0.1) is 0 Å². The molecule has 1 aromatic heterocycles. The van der Waals surface area contributed by atoms with Crippen molar-refractivity contribution in [3.63, 3.8) is 0 Å². The summed E-state index contributed by atoms with van der Waals surface area (Å²) in [5, 5.41) is 4.26. The number of aromatic nitrogens is 2.